The second-order valence-corrected chi connectivity index (χ2v) is 8.23. The zero-order valence-electron chi connectivity index (χ0n) is 14.9. The first-order chi connectivity index (χ1) is 14.0. The minimum absolute atomic E-state index is 0.0606. The van der Waals surface area contributed by atoms with E-state index in [1.807, 2.05) is 17.5 Å². The first kappa shape index (κ1) is 19.6. The molecule has 0 bridgehead atoms. The van der Waals surface area contributed by atoms with E-state index in [4.69, 9.17) is 23.2 Å². The van der Waals surface area contributed by atoms with Crippen LogP contribution >= 0.6 is 34.5 Å². The Kier molecular flexibility index (Phi) is 5.41. The highest BCUT2D eigenvalue weighted by atomic mass is 35.5. The number of pyridine rings is 1. The number of aromatic nitrogens is 1. The van der Waals surface area contributed by atoms with Gasteiger partial charge in [0.2, 0.25) is 0 Å². The third-order valence-electron chi connectivity index (χ3n) is 4.65. The van der Waals surface area contributed by atoms with Gasteiger partial charge in [0.05, 0.1) is 18.2 Å². The van der Waals surface area contributed by atoms with Crippen molar-refractivity contribution in [1.29, 1.82) is 0 Å². The predicted molar refractivity (Wildman–Crippen MR) is 113 cm³/mol. The van der Waals surface area contributed by atoms with Gasteiger partial charge in [0.1, 0.15) is 5.76 Å². The SMILES string of the molecule is O=C1C(=O)N(Cc2cccs2)C(c2c(Cl)cccc2Cl)/C1=C(\O)c1cccnc1. The van der Waals surface area contributed by atoms with Crippen molar-refractivity contribution < 1.29 is 14.7 Å². The van der Waals surface area contributed by atoms with Crippen LogP contribution in [0.15, 0.2) is 65.8 Å². The van der Waals surface area contributed by atoms with Crippen LogP contribution in [0, 0.1) is 0 Å². The molecule has 3 aromatic rings. The molecule has 0 aliphatic carbocycles. The van der Waals surface area contributed by atoms with Crippen LogP contribution in [-0.2, 0) is 16.1 Å². The van der Waals surface area contributed by atoms with E-state index in [1.54, 1.807) is 36.5 Å². The van der Waals surface area contributed by atoms with E-state index in [1.165, 1.54) is 22.4 Å². The van der Waals surface area contributed by atoms with Crippen LogP contribution in [-0.4, -0.2) is 26.7 Å². The van der Waals surface area contributed by atoms with Gasteiger partial charge in [-0.15, -0.1) is 11.3 Å². The Morgan fingerprint density at radius 3 is 2.48 bits per heavy atom. The molecule has 1 N–H and O–H groups in total. The molecule has 1 atom stereocenters. The summed E-state index contributed by atoms with van der Waals surface area (Å²) < 4.78 is 0. The Bertz CT molecular complexity index is 1090. The normalized spacial score (nSPS) is 18.4. The van der Waals surface area contributed by atoms with Crippen LogP contribution in [0.4, 0.5) is 0 Å². The molecular weight excluding hydrogens is 431 g/mol. The number of aliphatic hydroxyl groups is 1. The number of hydrogen-bond donors (Lipinski definition) is 1. The number of carbonyl (C=O) groups excluding carboxylic acids is 2. The molecule has 5 nitrogen and oxygen atoms in total. The molecule has 1 saturated heterocycles. The van der Waals surface area contributed by atoms with Gasteiger partial charge in [-0.2, -0.15) is 0 Å². The average molecular weight is 445 g/mol. The lowest BCUT2D eigenvalue weighted by atomic mass is 9.95. The van der Waals surface area contributed by atoms with Gasteiger partial charge in [-0.1, -0.05) is 35.3 Å². The van der Waals surface area contributed by atoms with Gasteiger partial charge in [0.15, 0.2) is 0 Å². The summed E-state index contributed by atoms with van der Waals surface area (Å²) in [6.45, 7) is 0.193. The van der Waals surface area contributed by atoms with E-state index in [9.17, 15) is 14.7 Å². The van der Waals surface area contributed by atoms with Crippen LogP contribution in [0.1, 0.15) is 22.0 Å². The maximum atomic E-state index is 13.0. The number of ketones is 1. The topological polar surface area (TPSA) is 70.5 Å². The number of amides is 1. The first-order valence-electron chi connectivity index (χ1n) is 8.64. The maximum absolute atomic E-state index is 13.0. The molecule has 0 radical (unpaired) electrons. The molecule has 8 heteroatoms. The minimum atomic E-state index is -0.918. The molecule has 1 unspecified atom stereocenters. The molecule has 1 aliphatic heterocycles. The molecular formula is C21H14Cl2N2O3S. The van der Waals surface area contributed by atoms with Crippen molar-refractivity contribution >= 4 is 52.0 Å². The van der Waals surface area contributed by atoms with E-state index in [2.05, 4.69) is 4.98 Å². The lowest BCUT2D eigenvalue weighted by molar-refractivity contribution is -0.140. The zero-order chi connectivity index (χ0) is 20.5. The summed E-state index contributed by atoms with van der Waals surface area (Å²) in [5.74, 6) is -1.82. The van der Waals surface area contributed by atoms with Crippen molar-refractivity contribution in [3.05, 3.63) is 91.9 Å². The van der Waals surface area contributed by atoms with Crippen LogP contribution in [0.2, 0.25) is 10.0 Å². The quantitative estimate of drug-likeness (QED) is 0.346. The first-order valence-corrected chi connectivity index (χ1v) is 10.3. The number of nitrogens with zero attached hydrogens (tertiary/aromatic N) is 2. The van der Waals surface area contributed by atoms with Gasteiger partial charge < -0.3 is 10.0 Å². The van der Waals surface area contributed by atoms with Crippen LogP contribution in [0.3, 0.4) is 0 Å². The average Bonchev–Trinajstić information content (AvgIpc) is 3.31. The lowest BCUT2D eigenvalue weighted by Crippen LogP contribution is -2.29. The maximum Gasteiger partial charge on any atom is 0.295 e. The summed E-state index contributed by atoms with van der Waals surface area (Å²) in [7, 11) is 0. The number of thiophene rings is 1. The fourth-order valence-electron chi connectivity index (χ4n) is 3.34. The number of Topliss-reactive ketones (excluding diaryl/α,β-unsaturated/α-hetero) is 1. The highest BCUT2D eigenvalue weighted by Crippen LogP contribution is 2.45. The molecule has 1 aromatic carbocycles. The van der Waals surface area contributed by atoms with Crippen molar-refractivity contribution in [3.8, 4) is 0 Å². The molecule has 1 fully saturated rings. The minimum Gasteiger partial charge on any atom is -0.507 e. The predicted octanol–water partition coefficient (Wildman–Crippen LogP) is 5.07. The molecule has 1 amide bonds. The van der Waals surface area contributed by atoms with Crippen LogP contribution in [0.25, 0.3) is 5.76 Å². The van der Waals surface area contributed by atoms with Crippen LogP contribution in [0.5, 0.6) is 0 Å². The second kappa shape index (κ2) is 7.99. The fraction of sp³-hybridized carbons (Fsp3) is 0.0952. The van der Waals surface area contributed by atoms with Gasteiger partial charge >= 0.3 is 0 Å². The zero-order valence-corrected chi connectivity index (χ0v) is 17.2. The highest BCUT2D eigenvalue weighted by Gasteiger charge is 2.47. The molecule has 1 aliphatic rings. The number of halogens is 2. The number of hydrogen-bond acceptors (Lipinski definition) is 5. The van der Waals surface area contributed by atoms with E-state index in [0.717, 1.165) is 4.88 Å². The third kappa shape index (κ3) is 3.55. The molecule has 29 heavy (non-hydrogen) atoms. The second-order valence-electron chi connectivity index (χ2n) is 6.38. The van der Waals surface area contributed by atoms with Crippen molar-refractivity contribution in [2.45, 2.75) is 12.6 Å². The molecule has 146 valence electrons. The molecule has 0 spiro atoms. The standard InChI is InChI=1S/C21H14Cl2N2O3S/c22-14-6-1-7-15(23)16(14)18-17(19(26)12-4-2-8-24-10-12)20(27)21(28)25(18)11-13-5-3-9-29-13/h1-10,18,26H,11H2/b19-17+. The molecule has 3 heterocycles. The van der Waals surface area contributed by atoms with Crippen molar-refractivity contribution in [2.75, 3.05) is 0 Å². The van der Waals surface area contributed by atoms with E-state index < -0.39 is 17.7 Å². The number of rotatable bonds is 4. The Hall–Kier alpha value is -2.67. The van der Waals surface area contributed by atoms with Gasteiger partial charge in [-0.3, -0.25) is 14.6 Å². The van der Waals surface area contributed by atoms with Crippen molar-refractivity contribution in [3.63, 3.8) is 0 Å². The highest BCUT2D eigenvalue weighted by molar-refractivity contribution is 7.09. The smallest absolute Gasteiger partial charge is 0.295 e. The van der Waals surface area contributed by atoms with E-state index in [-0.39, 0.29) is 17.9 Å². The number of carbonyl (C=O) groups is 2. The lowest BCUT2D eigenvalue weighted by Gasteiger charge is -2.26. The molecule has 4 rings (SSSR count). The largest absolute Gasteiger partial charge is 0.507 e. The number of benzene rings is 1. The monoisotopic (exact) mass is 444 g/mol. The van der Waals surface area contributed by atoms with Gasteiger partial charge in [0.25, 0.3) is 11.7 Å². The Labute approximate surface area is 180 Å². The Morgan fingerprint density at radius 1 is 1.10 bits per heavy atom. The summed E-state index contributed by atoms with van der Waals surface area (Å²) >= 11 is 14.3. The Morgan fingerprint density at radius 2 is 1.86 bits per heavy atom. The summed E-state index contributed by atoms with van der Waals surface area (Å²) in [6.07, 6.45) is 2.97. The van der Waals surface area contributed by atoms with Gasteiger partial charge in [-0.05, 0) is 35.7 Å². The third-order valence-corrected chi connectivity index (χ3v) is 6.17. The number of likely N-dealkylation sites (tertiary alicyclic amines) is 1. The molecule has 2 aromatic heterocycles. The van der Waals surface area contributed by atoms with Gasteiger partial charge in [-0.25, -0.2) is 0 Å². The van der Waals surface area contributed by atoms with Crippen LogP contribution < -0.4 is 0 Å². The summed E-state index contributed by atoms with van der Waals surface area (Å²) in [5, 5.41) is 13.4. The number of aliphatic hydroxyl groups excluding tert-OH is 1. The molecule has 0 saturated carbocycles. The summed E-state index contributed by atoms with van der Waals surface area (Å²) in [4.78, 5) is 32.1. The summed E-state index contributed by atoms with van der Waals surface area (Å²) in [5.41, 5.74) is 0.668. The van der Waals surface area contributed by atoms with Gasteiger partial charge in [0, 0.05) is 38.4 Å². The van der Waals surface area contributed by atoms with Crippen molar-refractivity contribution in [2.24, 2.45) is 0 Å². The van der Waals surface area contributed by atoms with E-state index in [0.29, 0.717) is 21.2 Å². The van der Waals surface area contributed by atoms with E-state index >= 15 is 0 Å². The summed E-state index contributed by atoms with van der Waals surface area (Å²) in [6, 6.07) is 11.0. The van der Waals surface area contributed by atoms with Crippen molar-refractivity contribution in [1.82, 2.24) is 9.88 Å². The fourth-order valence-corrected chi connectivity index (χ4v) is 4.65. The Balaban J connectivity index is 1.94.